The van der Waals surface area contributed by atoms with E-state index in [1.807, 2.05) is 44.2 Å². The van der Waals surface area contributed by atoms with Crippen LogP contribution in [-0.2, 0) is 32.0 Å². The van der Waals surface area contributed by atoms with Gasteiger partial charge >= 0.3 is 6.09 Å². The number of benzene rings is 2. The Balaban J connectivity index is 1.86. The van der Waals surface area contributed by atoms with Gasteiger partial charge in [0.2, 0.25) is 11.8 Å². The average Bonchev–Trinajstić information content (AvgIpc) is 3.78. The van der Waals surface area contributed by atoms with Crippen molar-refractivity contribution in [3.63, 3.8) is 0 Å². The molecule has 1 saturated carbocycles. The van der Waals surface area contributed by atoms with E-state index in [0.29, 0.717) is 13.2 Å². The zero-order valence-electron chi connectivity index (χ0n) is 23.0. The third-order valence-electron chi connectivity index (χ3n) is 6.63. The van der Waals surface area contributed by atoms with E-state index >= 15 is 0 Å². The van der Waals surface area contributed by atoms with E-state index in [1.54, 1.807) is 29.2 Å². The Morgan fingerprint density at radius 3 is 2.17 bits per heavy atom. The van der Waals surface area contributed by atoms with Gasteiger partial charge in [-0.1, -0.05) is 58.4 Å². The van der Waals surface area contributed by atoms with Crippen LogP contribution in [0.25, 0.3) is 0 Å². The number of halogens is 1. The van der Waals surface area contributed by atoms with E-state index in [-0.39, 0.29) is 38.0 Å². The SMILES string of the molecule is CCOC(CN(C(=O)C(Cc1ccc(Br)cc1)NC(=O)C(CN)N(Cc1ccccc1)C(=O)O)C1CC1)OCC. The summed E-state index contributed by atoms with van der Waals surface area (Å²) in [5.74, 6) is -0.901. The number of ether oxygens (including phenoxy) is 2. The number of hydrogen-bond donors (Lipinski definition) is 3. The molecule has 10 nitrogen and oxygen atoms in total. The second kappa shape index (κ2) is 15.7. The number of carbonyl (C=O) groups is 3. The van der Waals surface area contributed by atoms with Crippen LogP contribution in [0.15, 0.2) is 59.1 Å². The van der Waals surface area contributed by atoms with E-state index in [1.165, 1.54) is 0 Å². The number of nitrogens with two attached hydrogens (primary N) is 1. The van der Waals surface area contributed by atoms with Gasteiger partial charge in [-0.3, -0.25) is 14.5 Å². The molecule has 1 aliphatic carbocycles. The van der Waals surface area contributed by atoms with Crippen molar-refractivity contribution in [3.05, 3.63) is 70.2 Å². The van der Waals surface area contributed by atoms with Gasteiger partial charge in [0.1, 0.15) is 12.1 Å². The predicted octanol–water partition coefficient (Wildman–Crippen LogP) is 3.37. The molecule has 2 atom stereocenters. The van der Waals surface area contributed by atoms with Crippen molar-refractivity contribution in [2.45, 2.75) is 64.1 Å². The molecule has 2 aromatic rings. The molecule has 0 heterocycles. The number of carbonyl (C=O) groups excluding carboxylic acids is 2. The first kappa shape index (κ1) is 31.5. The number of rotatable bonds is 16. The smallest absolute Gasteiger partial charge is 0.408 e. The summed E-state index contributed by atoms with van der Waals surface area (Å²) in [4.78, 5) is 42.5. The monoisotopic (exact) mass is 618 g/mol. The van der Waals surface area contributed by atoms with Gasteiger partial charge in [-0.25, -0.2) is 4.79 Å². The van der Waals surface area contributed by atoms with Crippen LogP contribution in [-0.4, -0.2) is 83.5 Å². The maximum atomic E-state index is 14.0. The molecule has 4 N–H and O–H groups in total. The summed E-state index contributed by atoms with van der Waals surface area (Å²) in [7, 11) is 0. The fourth-order valence-corrected chi connectivity index (χ4v) is 4.75. The van der Waals surface area contributed by atoms with Crippen molar-refractivity contribution in [3.8, 4) is 0 Å². The molecule has 3 amide bonds. The highest BCUT2D eigenvalue weighted by atomic mass is 79.9. The molecular formula is C29H39BrN4O6. The lowest BCUT2D eigenvalue weighted by Crippen LogP contribution is -2.58. The maximum Gasteiger partial charge on any atom is 0.408 e. The summed E-state index contributed by atoms with van der Waals surface area (Å²) < 4.78 is 12.3. The minimum Gasteiger partial charge on any atom is -0.465 e. The first-order valence-electron chi connectivity index (χ1n) is 13.6. The second-order valence-corrected chi connectivity index (χ2v) is 10.5. The first-order chi connectivity index (χ1) is 19.3. The van der Waals surface area contributed by atoms with Gasteiger partial charge in [-0.2, -0.15) is 0 Å². The number of carboxylic acid groups (broad SMARTS) is 1. The Labute approximate surface area is 243 Å². The highest BCUT2D eigenvalue weighted by Crippen LogP contribution is 2.28. The lowest BCUT2D eigenvalue weighted by Gasteiger charge is -2.33. The zero-order chi connectivity index (χ0) is 29.1. The van der Waals surface area contributed by atoms with Crippen LogP contribution in [0.5, 0.6) is 0 Å². The molecule has 0 aliphatic heterocycles. The third kappa shape index (κ3) is 9.29. The van der Waals surface area contributed by atoms with Crippen molar-refractivity contribution in [1.29, 1.82) is 0 Å². The van der Waals surface area contributed by atoms with E-state index < -0.39 is 30.4 Å². The topological polar surface area (TPSA) is 134 Å². The molecule has 218 valence electrons. The quantitative estimate of drug-likeness (QED) is 0.245. The van der Waals surface area contributed by atoms with E-state index in [4.69, 9.17) is 15.2 Å². The van der Waals surface area contributed by atoms with Crippen molar-refractivity contribution in [1.82, 2.24) is 15.1 Å². The fourth-order valence-electron chi connectivity index (χ4n) is 4.48. The Bertz CT molecular complexity index is 1090. The van der Waals surface area contributed by atoms with Crippen molar-refractivity contribution < 1.29 is 29.0 Å². The van der Waals surface area contributed by atoms with E-state index in [2.05, 4.69) is 21.2 Å². The summed E-state index contributed by atoms with van der Waals surface area (Å²) in [6.07, 6.45) is 0.0587. The van der Waals surface area contributed by atoms with Gasteiger partial charge in [0.25, 0.3) is 0 Å². The minimum absolute atomic E-state index is 0.0185. The van der Waals surface area contributed by atoms with Crippen LogP contribution in [0, 0.1) is 0 Å². The molecule has 0 radical (unpaired) electrons. The number of hydrogen-bond acceptors (Lipinski definition) is 6. The summed E-state index contributed by atoms with van der Waals surface area (Å²) >= 11 is 3.43. The van der Waals surface area contributed by atoms with Gasteiger partial charge in [-0.15, -0.1) is 0 Å². The molecule has 1 aliphatic rings. The molecular weight excluding hydrogens is 580 g/mol. The first-order valence-corrected chi connectivity index (χ1v) is 14.4. The molecule has 0 saturated heterocycles. The largest absolute Gasteiger partial charge is 0.465 e. The number of nitrogens with one attached hydrogen (secondary N) is 1. The molecule has 2 unspecified atom stereocenters. The normalized spacial score (nSPS) is 14.4. The molecule has 3 rings (SSSR count). The Hall–Kier alpha value is -2.99. The van der Waals surface area contributed by atoms with Crippen LogP contribution in [0.1, 0.15) is 37.8 Å². The molecule has 40 heavy (non-hydrogen) atoms. The molecule has 1 fully saturated rings. The lowest BCUT2D eigenvalue weighted by atomic mass is 10.0. The average molecular weight is 620 g/mol. The molecule has 2 aromatic carbocycles. The van der Waals surface area contributed by atoms with Gasteiger partial charge in [0, 0.05) is 43.2 Å². The van der Waals surface area contributed by atoms with Crippen molar-refractivity contribution in [2.75, 3.05) is 26.3 Å². The highest BCUT2D eigenvalue weighted by molar-refractivity contribution is 9.10. The zero-order valence-corrected chi connectivity index (χ0v) is 24.6. The Morgan fingerprint density at radius 2 is 1.65 bits per heavy atom. The summed E-state index contributed by atoms with van der Waals surface area (Å²) in [6, 6.07) is 14.4. The van der Waals surface area contributed by atoms with Crippen LogP contribution < -0.4 is 11.1 Å². The predicted molar refractivity (Wildman–Crippen MR) is 154 cm³/mol. The third-order valence-corrected chi connectivity index (χ3v) is 7.16. The van der Waals surface area contributed by atoms with Crippen LogP contribution in [0.3, 0.4) is 0 Å². The van der Waals surface area contributed by atoms with Gasteiger partial charge in [0.15, 0.2) is 6.29 Å². The van der Waals surface area contributed by atoms with Crippen LogP contribution in [0.4, 0.5) is 4.79 Å². The molecule has 0 aromatic heterocycles. The van der Waals surface area contributed by atoms with Gasteiger partial charge in [0.05, 0.1) is 6.54 Å². The lowest BCUT2D eigenvalue weighted by molar-refractivity contribution is -0.161. The van der Waals surface area contributed by atoms with Gasteiger partial charge < -0.3 is 30.5 Å². The summed E-state index contributed by atoms with van der Waals surface area (Å²) in [6.45, 7) is 4.56. The molecule has 0 spiro atoms. The fraction of sp³-hybridized carbons (Fsp3) is 0.483. The maximum absolute atomic E-state index is 14.0. The minimum atomic E-state index is -1.28. The van der Waals surface area contributed by atoms with Crippen molar-refractivity contribution >= 4 is 33.8 Å². The Kier molecular flexibility index (Phi) is 12.4. The van der Waals surface area contributed by atoms with Gasteiger partial charge in [-0.05, 0) is 49.9 Å². The summed E-state index contributed by atoms with van der Waals surface area (Å²) in [5, 5.41) is 12.8. The molecule has 11 heteroatoms. The standard InChI is InChI=1S/C29H39BrN4O6/c1-3-39-26(40-4-2)19-33(23-14-15-23)28(36)24(16-20-10-12-22(30)13-11-20)32-27(35)25(17-31)34(29(37)38)18-21-8-6-5-7-9-21/h5-13,23-26H,3-4,14-19,31H2,1-2H3,(H,32,35)(H,37,38). The summed E-state index contributed by atoms with van der Waals surface area (Å²) in [5.41, 5.74) is 7.50. The highest BCUT2D eigenvalue weighted by Gasteiger charge is 2.39. The van der Waals surface area contributed by atoms with E-state index in [0.717, 1.165) is 33.3 Å². The van der Waals surface area contributed by atoms with Crippen molar-refractivity contribution in [2.24, 2.45) is 5.73 Å². The molecule has 0 bridgehead atoms. The number of amides is 3. The Morgan fingerprint density at radius 1 is 1.02 bits per heavy atom. The van der Waals surface area contributed by atoms with Crippen LogP contribution >= 0.6 is 15.9 Å². The van der Waals surface area contributed by atoms with E-state index in [9.17, 15) is 19.5 Å². The number of nitrogens with zero attached hydrogens (tertiary/aromatic N) is 2. The van der Waals surface area contributed by atoms with Crippen LogP contribution in [0.2, 0.25) is 0 Å². The second-order valence-electron chi connectivity index (χ2n) is 9.60.